The van der Waals surface area contributed by atoms with Gasteiger partial charge in [-0.1, -0.05) is 34.1 Å². The van der Waals surface area contributed by atoms with Gasteiger partial charge >= 0.3 is 0 Å². The van der Waals surface area contributed by atoms with E-state index in [1.807, 2.05) is 24.3 Å². The fourth-order valence-corrected chi connectivity index (χ4v) is 2.48. The monoisotopic (exact) mass is 339 g/mol. The van der Waals surface area contributed by atoms with Crippen molar-refractivity contribution in [2.75, 3.05) is 0 Å². The first-order chi connectivity index (χ1) is 9.49. The highest BCUT2D eigenvalue weighted by Crippen LogP contribution is 2.23. The molecule has 2 aromatic rings. The van der Waals surface area contributed by atoms with E-state index in [0.29, 0.717) is 6.07 Å². The molecule has 5 heteroatoms. The maximum Gasteiger partial charge on any atom is 0.254 e. The van der Waals surface area contributed by atoms with E-state index >= 15 is 0 Å². The molecule has 0 bridgehead atoms. The number of hydrogen-bond acceptors (Lipinski definition) is 1. The maximum absolute atomic E-state index is 13.5. The molecule has 1 atom stereocenters. The minimum absolute atomic E-state index is 0.176. The molecular weight excluding hydrogens is 328 g/mol. The fraction of sp³-hybridized carbons (Fsp3) is 0.133. The smallest absolute Gasteiger partial charge is 0.254 e. The first kappa shape index (κ1) is 14.7. The van der Waals surface area contributed by atoms with Crippen LogP contribution in [0.1, 0.15) is 28.9 Å². The summed E-state index contributed by atoms with van der Waals surface area (Å²) in [5.41, 5.74) is 0.702. The molecule has 2 aromatic carbocycles. The summed E-state index contributed by atoms with van der Waals surface area (Å²) in [6.07, 6.45) is 0. The average molecular weight is 340 g/mol. The van der Waals surface area contributed by atoms with Gasteiger partial charge in [0.2, 0.25) is 0 Å². The number of nitrogens with one attached hydrogen (secondary N) is 1. The summed E-state index contributed by atoms with van der Waals surface area (Å²) < 4.78 is 27.2. The van der Waals surface area contributed by atoms with E-state index in [1.54, 1.807) is 6.92 Å². The minimum Gasteiger partial charge on any atom is -0.345 e. The Morgan fingerprint density at radius 1 is 1.20 bits per heavy atom. The van der Waals surface area contributed by atoms with Gasteiger partial charge in [0, 0.05) is 10.5 Å². The minimum atomic E-state index is -0.873. The van der Waals surface area contributed by atoms with Crippen molar-refractivity contribution in [1.29, 1.82) is 0 Å². The second kappa shape index (κ2) is 6.13. The van der Waals surface area contributed by atoms with E-state index in [-0.39, 0.29) is 11.6 Å². The van der Waals surface area contributed by atoms with E-state index in [4.69, 9.17) is 0 Å². The van der Waals surface area contributed by atoms with Crippen molar-refractivity contribution in [3.63, 3.8) is 0 Å². The molecule has 0 aliphatic carbocycles. The van der Waals surface area contributed by atoms with Gasteiger partial charge in [0.05, 0.1) is 11.6 Å². The van der Waals surface area contributed by atoms with E-state index < -0.39 is 17.5 Å². The predicted molar refractivity (Wildman–Crippen MR) is 76.4 cm³/mol. The first-order valence-corrected chi connectivity index (χ1v) is 6.78. The molecule has 0 unspecified atom stereocenters. The molecule has 1 N–H and O–H groups in total. The van der Waals surface area contributed by atoms with Gasteiger partial charge in [0.25, 0.3) is 5.91 Å². The van der Waals surface area contributed by atoms with E-state index in [2.05, 4.69) is 21.2 Å². The van der Waals surface area contributed by atoms with Crippen LogP contribution in [0.3, 0.4) is 0 Å². The van der Waals surface area contributed by atoms with Gasteiger partial charge in [-0.15, -0.1) is 0 Å². The summed E-state index contributed by atoms with van der Waals surface area (Å²) in [5.74, 6) is -2.16. The van der Waals surface area contributed by atoms with Crippen LogP contribution in [0, 0.1) is 11.6 Å². The van der Waals surface area contributed by atoms with Gasteiger partial charge < -0.3 is 5.32 Å². The standard InChI is InChI=1S/C15H12BrF2NO/c1-9(11-4-2-3-5-13(11)16)19-15(20)12-7-6-10(17)8-14(12)18/h2-9H,1H3,(H,19,20)/t9-/m0/s1. The zero-order chi connectivity index (χ0) is 14.7. The highest BCUT2D eigenvalue weighted by molar-refractivity contribution is 9.10. The van der Waals surface area contributed by atoms with Crippen molar-refractivity contribution in [1.82, 2.24) is 5.32 Å². The van der Waals surface area contributed by atoms with Crippen LogP contribution in [-0.2, 0) is 0 Å². The van der Waals surface area contributed by atoms with Gasteiger partial charge in [-0.05, 0) is 30.7 Å². The quantitative estimate of drug-likeness (QED) is 0.891. The number of carbonyl (C=O) groups excluding carboxylic acids is 1. The average Bonchev–Trinajstić information content (AvgIpc) is 2.38. The van der Waals surface area contributed by atoms with Gasteiger partial charge in [0.1, 0.15) is 11.6 Å². The van der Waals surface area contributed by atoms with Crippen molar-refractivity contribution >= 4 is 21.8 Å². The molecule has 0 saturated carbocycles. The lowest BCUT2D eigenvalue weighted by molar-refractivity contribution is 0.0935. The van der Waals surface area contributed by atoms with Gasteiger partial charge in [-0.3, -0.25) is 4.79 Å². The van der Waals surface area contributed by atoms with E-state index in [9.17, 15) is 13.6 Å². The van der Waals surface area contributed by atoms with Crippen molar-refractivity contribution in [3.8, 4) is 0 Å². The molecule has 1 amide bonds. The summed E-state index contributed by atoms with van der Waals surface area (Å²) in [4.78, 5) is 12.0. The Labute approximate surface area is 123 Å². The number of hydrogen-bond donors (Lipinski definition) is 1. The largest absolute Gasteiger partial charge is 0.345 e. The molecule has 0 aliphatic heterocycles. The Hall–Kier alpha value is -1.75. The molecule has 20 heavy (non-hydrogen) atoms. The summed E-state index contributed by atoms with van der Waals surface area (Å²) in [7, 11) is 0. The molecule has 0 aromatic heterocycles. The Balaban J connectivity index is 2.17. The van der Waals surface area contributed by atoms with Crippen LogP contribution in [-0.4, -0.2) is 5.91 Å². The van der Waals surface area contributed by atoms with Crippen LogP contribution in [0.5, 0.6) is 0 Å². The molecule has 0 fully saturated rings. The van der Waals surface area contributed by atoms with E-state index in [0.717, 1.165) is 22.2 Å². The lowest BCUT2D eigenvalue weighted by Crippen LogP contribution is -2.27. The third-order valence-corrected chi connectivity index (χ3v) is 3.62. The molecule has 0 saturated heterocycles. The number of halogens is 3. The summed E-state index contributed by atoms with van der Waals surface area (Å²) in [5, 5.41) is 2.68. The number of amides is 1. The number of benzene rings is 2. The van der Waals surface area contributed by atoms with Crippen LogP contribution in [0.25, 0.3) is 0 Å². The summed E-state index contributed by atoms with van der Waals surface area (Å²) in [6.45, 7) is 1.79. The number of carbonyl (C=O) groups is 1. The van der Waals surface area contributed by atoms with Crippen molar-refractivity contribution in [3.05, 3.63) is 69.7 Å². The molecule has 2 rings (SSSR count). The second-order valence-corrected chi connectivity index (χ2v) is 5.20. The third kappa shape index (κ3) is 3.22. The molecular formula is C15H12BrF2NO. The predicted octanol–water partition coefficient (Wildman–Crippen LogP) is 4.22. The molecule has 0 spiro atoms. The second-order valence-electron chi connectivity index (χ2n) is 4.34. The molecule has 0 heterocycles. The molecule has 0 radical (unpaired) electrons. The highest BCUT2D eigenvalue weighted by Gasteiger charge is 2.16. The maximum atomic E-state index is 13.5. The van der Waals surface area contributed by atoms with Crippen LogP contribution in [0.4, 0.5) is 8.78 Å². The normalized spacial score (nSPS) is 12.0. The summed E-state index contributed by atoms with van der Waals surface area (Å²) >= 11 is 3.39. The Morgan fingerprint density at radius 3 is 2.55 bits per heavy atom. The van der Waals surface area contributed by atoms with Crippen molar-refractivity contribution in [2.24, 2.45) is 0 Å². The Morgan fingerprint density at radius 2 is 1.90 bits per heavy atom. The van der Waals surface area contributed by atoms with Crippen molar-refractivity contribution < 1.29 is 13.6 Å². The zero-order valence-electron chi connectivity index (χ0n) is 10.7. The first-order valence-electron chi connectivity index (χ1n) is 5.99. The Kier molecular flexibility index (Phi) is 4.49. The SMILES string of the molecule is C[C@H](NC(=O)c1ccc(F)cc1F)c1ccccc1Br. The fourth-order valence-electron chi connectivity index (χ4n) is 1.85. The lowest BCUT2D eigenvalue weighted by Gasteiger charge is -2.16. The molecule has 0 aliphatic rings. The zero-order valence-corrected chi connectivity index (χ0v) is 12.2. The van der Waals surface area contributed by atoms with Gasteiger partial charge in [-0.2, -0.15) is 0 Å². The topological polar surface area (TPSA) is 29.1 Å². The molecule has 2 nitrogen and oxygen atoms in total. The Bertz CT molecular complexity index is 646. The van der Waals surface area contributed by atoms with Crippen molar-refractivity contribution in [2.45, 2.75) is 13.0 Å². The lowest BCUT2D eigenvalue weighted by atomic mass is 10.1. The van der Waals surface area contributed by atoms with Crippen LogP contribution < -0.4 is 5.32 Å². The molecule has 104 valence electrons. The van der Waals surface area contributed by atoms with E-state index in [1.165, 1.54) is 0 Å². The van der Waals surface area contributed by atoms with Crippen LogP contribution in [0.15, 0.2) is 46.9 Å². The van der Waals surface area contributed by atoms with Crippen LogP contribution in [0.2, 0.25) is 0 Å². The third-order valence-electron chi connectivity index (χ3n) is 2.90. The highest BCUT2D eigenvalue weighted by atomic mass is 79.9. The number of rotatable bonds is 3. The van der Waals surface area contributed by atoms with Crippen LogP contribution >= 0.6 is 15.9 Å². The summed E-state index contributed by atoms with van der Waals surface area (Å²) in [6, 6.07) is 10.0. The van der Waals surface area contributed by atoms with Gasteiger partial charge in [0.15, 0.2) is 0 Å². The van der Waals surface area contributed by atoms with Gasteiger partial charge in [-0.25, -0.2) is 8.78 Å².